The molecule has 0 fully saturated rings. The second-order valence-electron chi connectivity index (χ2n) is 2.34. The number of terminal acetylenes is 1. The van der Waals surface area contributed by atoms with Crippen LogP contribution in [0.3, 0.4) is 0 Å². The summed E-state index contributed by atoms with van der Waals surface area (Å²) in [4.78, 5) is 0. The van der Waals surface area contributed by atoms with Crippen molar-refractivity contribution in [1.82, 2.24) is 0 Å². The SMILES string of the molecule is C#CC#CC1=CC(O)CC1O. The Kier molecular flexibility index (Phi) is 2.33. The van der Waals surface area contributed by atoms with Crippen LogP contribution in [0.25, 0.3) is 0 Å². The minimum absolute atomic E-state index is 0.328. The molecule has 0 saturated carbocycles. The average molecular weight is 148 g/mol. The van der Waals surface area contributed by atoms with Crippen LogP contribution < -0.4 is 0 Å². The van der Waals surface area contributed by atoms with Gasteiger partial charge in [0, 0.05) is 12.0 Å². The minimum atomic E-state index is -0.647. The fourth-order valence-electron chi connectivity index (χ4n) is 0.975. The van der Waals surface area contributed by atoms with Crippen molar-refractivity contribution in [3.8, 4) is 24.2 Å². The van der Waals surface area contributed by atoms with Gasteiger partial charge in [-0.15, -0.1) is 6.42 Å². The molecule has 0 amide bonds. The third-order valence-electron chi connectivity index (χ3n) is 1.47. The van der Waals surface area contributed by atoms with Crippen LogP contribution in [-0.4, -0.2) is 22.4 Å². The summed E-state index contributed by atoms with van der Waals surface area (Å²) in [6.07, 6.45) is 5.52. The van der Waals surface area contributed by atoms with Crippen molar-refractivity contribution in [2.45, 2.75) is 18.6 Å². The van der Waals surface area contributed by atoms with Gasteiger partial charge in [0.25, 0.3) is 0 Å². The van der Waals surface area contributed by atoms with Crippen molar-refractivity contribution in [3.63, 3.8) is 0 Å². The Morgan fingerprint density at radius 3 is 2.73 bits per heavy atom. The zero-order valence-electron chi connectivity index (χ0n) is 5.91. The second kappa shape index (κ2) is 3.25. The van der Waals surface area contributed by atoms with E-state index in [4.69, 9.17) is 11.5 Å². The fraction of sp³-hybridized carbons (Fsp3) is 0.333. The van der Waals surface area contributed by atoms with Crippen LogP contribution in [0, 0.1) is 24.2 Å². The highest BCUT2D eigenvalue weighted by atomic mass is 16.3. The predicted molar refractivity (Wildman–Crippen MR) is 41.3 cm³/mol. The molecule has 0 aliphatic heterocycles. The molecule has 0 heterocycles. The first-order chi connectivity index (χ1) is 5.24. The highest BCUT2D eigenvalue weighted by Crippen LogP contribution is 2.17. The monoisotopic (exact) mass is 148 g/mol. The topological polar surface area (TPSA) is 40.5 Å². The molecule has 0 aromatic rings. The molecule has 1 rings (SSSR count). The summed E-state index contributed by atoms with van der Waals surface area (Å²) in [6, 6.07) is 0. The van der Waals surface area contributed by atoms with Gasteiger partial charge in [-0.3, -0.25) is 0 Å². The third-order valence-corrected chi connectivity index (χ3v) is 1.47. The van der Waals surface area contributed by atoms with E-state index in [0.717, 1.165) is 0 Å². The van der Waals surface area contributed by atoms with Crippen molar-refractivity contribution in [2.24, 2.45) is 0 Å². The molecule has 56 valence electrons. The van der Waals surface area contributed by atoms with Gasteiger partial charge in [-0.2, -0.15) is 0 Å². The number of aliphatic hydroxyl groups excluding tert-OH is 2. The third kappa shape index (κ3) is 1.85. The van der Waals surface area contributed by atoms with Gasteiger partial charge < -0.3 is 10.2 Å². The van der Waals surface area contributed by atoms with E-state index in [1.807, 2.05) is 0 Å². The van der Waals surface area contributed by atoms with Crippen LogP contribution in [0.15, 0.2) is 11.6 Å². The average Bonchev–Trinajstić information content (AvgIpc) is 2.26. The maximum absolute atomic E-state index is 9.19. The molecule has 0 bridgehead atoms. The van der Waals surface area contributed by atoms with E-state index in [0.29, 0.717) is 12.0 Å². The maximum Gasteiger partial charge on any atom is 0.0893 e. The minimum Gasteiger partial charge on any atom is -0.389 e. The lowest BCUT2D eigenvalue weighted by Crippen LogP contribution is -2.07. The zero-order chi connectivity index (χ0) is 8.27. The van der Waals surface area contributed by atoms with E-state index >= 15 is 0 Å². The van der Waals surface area contributed by atoms with Crippen molar-refractivity contribution < 1.29 is 10.2 Å². The molecular formula is C9H8O2. The van der Waals surface area contributed by atoms with Gasteiger partial charge in [0.2, 0.25) is 0 Å². The Bertz CT molecular complexity index is 272. The number of rotatable bonds is 0. The van der Waals surface area contributed by atoms with Crippen molar-refractivity contribution in [3.05, 3.63) is 11.6 Å². The molecule has 11 heavy (non-hydrogen) atoms. The molecule has 0 radical (unpaired) electrons. The summed E-state index contributed by atoms with van der Waals surface area (Å²) in [6.45, 7) is 0. The standard InChI is InChI=1S/C9H8O2/c1-2-3-4-7-5-8(10)6-9(7)11/h1,5,8-11H,6H2. The number of hydrogen-bond donors (Lipinski definition) is 2. The Hall–Kier alpha value is -1.22. The fourth-order valence-corrected chi connectivity index (χ4v) is 0.975. The van der Waals surface area contributed by atoms with Gasteiger partial charge in [-0.05, 0) is 17.9 Å². The van der Waals surface area contributed by atoms with Gasteiger partial charge >= 0.3 is 0 Å². The zero-order valence-corrected chi connectivity index (χ0v) is 5.91. The summed E-state index contributed by atoms with van der Waals surface area (Å²) in [5, 5.41) is 18.2. The molecule has 0 aromatic carbocycles. The van der Waals surface area contributed by atoms with Crippen LogP contribution in [0.5, 0.6) is 0 Å². The molecular weight excluding hydrogens is 140 g/mol. The van der Waals surface area contributed by atoms with Crippen LogP contribution in [0.2, 0.25) is 0 Å². The molecule has 0 saturated heterocycles. The number of hydrogen-bond acceptors (Lipinski definition) is 2. The normalized spacial score (nSPS) is 28.3. The summed E-state index contributed by atoms with van der Waals surface area (Å²) < 4.78 is 0. The number of aliphatic hydroxyl groups is 2. The molecule has 1 aliphatic carbocycles. The van der Waals surface area contributed by atoms with E-state index in [1.54, 1.807) is 0 Å². The first-order valence-corrected chi connectivity index (χ1v) is 3.28. The van der Waals surface area contributed by atoms with Crippen molar-refractivity contribution in [2.75, 3.05) is 0 Å². The van der Waals surface area contributed by atoms with Crippen LogP contribution in [0.4, 0.5) is 0 Å². The van der Waals surface area contributed by atoms with E-state index in [2.05, 4.69) is 17.8 Å². The Labute approximate surface area is 65.6 Å². The second-order valence-corrected chi connectivity index (χ2v) is 2.34. The van der Waals surface area contributed by atoms with Gasteiger partial charge in [-0.1, -0.05) is 5.92 Å². The summed E-state index contributed by atoms with van der Waals surface area (Å²) >= 11 is 0. The molecule has 2 atom stereocenters. The first-order valence-electron chi connectivity index (χ1n) is 3.28. The smallest absolute Gasteiger partial charge is 0.0893 e. The molecule has 1 aliphatic rings. The van der Waals surface area contributed by atoms with Crippen molar-refractivity contribution in [1.29, 1.82) is 0 Å². The van der Waals surface area contributed by atoms with Crippen LogP contribution >= 0.6 is 0 Å². The molecule has 2 heteroatoms. The highest BCUT2D eigenvalue weighted by Gasteiger charge is 2.21. The lowest BCUT2D eigenvalue weighted by Gasteiger charge is -1.99. The lowest BCUT2D eigenvalue weighted by molar-refractivity contribution is 0.149. The Balaban J connectivity index is 2.73. The first kappa shape index (κ1) is 7.88. The molecule has 2 nitrogen and oxygen atoms in total. The molecule has 2 unspecified atom stereocenters. The molecule has 0 spiro atoms. The summed E-state index contributed by atoms with van der Waals surface area (Å²) in [5.74, 6) is 7.09. The van der Waals surface area contributed by atoms with E-state index in [9.17, 15) is 5.11 Å². The van der Waals surface area contributed by atoms with Gasteiger partial charge in [0.05, 0.1) is 12.2 Å². The van der Waals surface area contributed by atoms with Crippen LogP contribution in [-0.2, 0) is 0 Å². The largest absolute Gasteiger partial charge is 0.389 e. The van der Waals surface area contributed by atoms with E-state index < -0.39 is 12.2 Å². The summed E-state index contributed by atoms with van der Waals surface area (Å²) in [5.41, 5.74) is 0.524. The van der Waals surface area contributed by atoms with E-state index in [1.165, 1.54) is 6.08 Å². The Morgan fingerprint density at radius 1 is 1.55 bits per heavy atom. The predicted octanol–water partition coefficient (Wildman–Crippen LogP) is -0.325. The quantitative estimate of drug-likeness (QED) is 0.462. The maximum atomic E-state index is 9.19. The molecule has 2 N–H and O–H groups in total. The summed E-state index contributed by atoms with van der Waals surface area (Å²) in [7, 11) is 0. The van der Waals surface area contributed by atoms with Gasteiger partial charge in [-0.25, -0.2) is 0 Å². The van der Waals surface area contributed by atoms with E-state index in [-0.39, 0.29) is 0 Å². The van der Waals surface area contributed by atoms with Gasteiger partial charge in [0.15, 0.2) is 0 Å². The lowest BCUT2D eigenvalue weighted by atomic mass is 10.2. The van der Waals surface area contributed by atoms with Crippen molar-refractivity contribution >= 4 is 0 Å². The highest BCUT2D eigenvalue weighted by molar-refractivity contribution is 5.40. The van der Waals surface area contributed by atoms with Crippen LogP contribution in [0.1, 0.15) is 6.42 Å². The molecule has 0 aromatic heterocycles. The Morgan fingerprint density at radius 2 is 2.27 bits per heavy atom. The van der Waals surface area contributed by atoms with Gasteiger partial charge in [0.1, 0.15) is 0 Å².